The van der Waals surface area contributed by atoms with E-state index in [1.54, 1.807) is 6.92 Å². The number of hydrogen-bond donors (Lipinski definition) is 0. The summed E-state index contributed by atoms with van der Waals surface area (Å²) in [5.74, 6) is 1.22. The number of ketones is 2. The van der Waals surface area contributed by atoms with E-state index < -0.39 is 24.6 Å². The van der Waals surface area contributed by atoms with Crippen LogP contribution in [0.3, 0.4) is 0 Å². The molecule has 0 N–H and O–H groups in total. The van der Waals surface area contributed by atoms with Crippen LogP contribution in [0.5, 0.6) is 0 Å². The minimum Gasteiger partial charge on any atom is -0.547 e. The summed E-state index contributed by atoms with van der Waals surface area (Å²) < 4.78 is 6.27. The fraction of sp³-hybridized carbons (Fsp3) is 0.765. The van der Waals surface area contributed by atoms with Crippen molar-refractivity contribution in [2.45, 2.75) is 60.7 Å². The minimum absolute atomic E-state index is 0.00690. The Morgan fingerprint density at radius 2 is 1.76 bits per heavy atom. The van der Waals surface area contributed by atoms with Crippen LogP contribution in [-0.2, 0) is 14.0 Å². The summed E-state index contributed by atoms with van der Waals surface area (Å²) in [5, 5.41) is 0. The van der Waals surface area contributed by atoms with Crippen molar-refractivity contribution < 1.29 is 14.0 Å². The molecule has 0 heterocycles. The third-order valence-electron chi connectivity index (χ3n) is 5.66. The van der Waals surface area contributed by atoms with Crippen LogP contribution in [-0.4, -0.2) is 19.9 Å². The van der Waals surface area contributed by atoms with E-state index in [-0.39, 0.29) is 17.5 Å². The van der Waals surface area contributed by atoms with Crippen molar-refractivity contribution in [3.8, 4) is 0 Å². The van der Waals surface area contributed by atoms with E-state index >= 15 is 0 Å². The molecule has 1 fully saturated rings. The van der Waals surface area contributed by atoms with Gasteiger partial charge in [-0.2, -0.15) is 0 Å². The molecule has 3 nitrogen and oxygen atoms in total. The van der Waals surface area contributed by atoms with Gasteiger partial charge in [0.25, 0.3) is 0 Å². The molecular weight excluding hydrogens is 280 g/mol. The van der Waals surface area contributed by atoms with Crippen molar-refractivity contribution in [3.63, 3.8) is 0 Å². The maximum absolute atomic E-state index is 13.0. The molecule has 0 saturated heterocycles. The van der Waals surface area contributed by atoms with Gasteiger partial charge in [-0.15, -0.1) is 0 Å². The first-order chi connectivity index (χ1) is 9.26. The number of rotatable bonds is 3. The molecule has 0 aliphatic heterocycles. The van der Waals surface area contributed by atoms with Crippen molar-refractivity contribution in [1.29, 1.82) is 0 Å². The maximum Gasteiger partial charge on any atom is 0.241 e. The summed E-state index contributed by atoms with van der Waals surface area (Å²) in [6, 6.07) is 0. The summed E-state index contributed by atoms with van der Waals surface area (Å²) in [7, 11) is -1.74. The van der Waals surface area contributed by atoms with E-state index in [2.05, 4.69) is 19.6 Å². The number of carbonyl (C=O) groups excluding carboxylic acids is 2. The van der Waals surface area contributed by atoms with E-state index in [0.717, 1.165) is 5.76 Å². The van der Waals surface area contributed by atoms with Gasteiger partial charge in [-0.3, -0.25) is 9.59 Å². The highest BCUT2D eigenvalue weighted by Crippen LogP contribution is 2.63. The molecule has 0 aromatic rings. The van der Waals surface area contributed by atoms with Crippen LogP contribution in [0.1, 0.15) is 41.0 Å². The Morgan fingerprint density at radius 3 is 2.19 bits per heavy atom. The highest BCUT2D eigenvalue weighted by atomic mass is 28.4. The first-order valence-corrected chi connectivity index (χ1v) is 11.1. The third-order valence-corrected chi connectivity index (χ3v) is 6.51. The van der Waals surface area contributed by atoms with Gasteiger partial charge in [0, 0.05) is 16.7 Å². The van der Waals surface area contributed by atoms with Gasteiger partial charge in [-0.05, 0) is 46.0 Å². The molecule has 0 unspecified atom stereocenters. The predicted molar refractivity (Wildman–Crippen MR) is 86.3 cm³/mol. The molecule has 3 atom stereocenters. The number of fused-ring (bicyclic) bond motifs is 2. The smallest absolute Gasteiger partial charge is 0.241 e. The lowest BCUT2D eigenvalue weighted by molar-refractivity contribution is -0.164. The lowest BCUT2D eigenvalue weighted by atomic mass is 9.43. The van der Waals surface area contributed by atoms with Crippen molar-refractivity contribution >= 4 is 19.9 Å². The summed E-state index contributed by atoms with van der Waals surface area (Å²) >= 11 is 0. The Hall–Kier alpha value is -0.903. The molecule has 3 aliphatic carbocycles. The van der Waals surface area contributed by atoms with E-state index in [1.165, 1.54) is 0 Å². The zero-order valence-electron chi connectivity index (χ0n) is 14.6. The van der Waals surface area contributed by atoms with Gasteiger partial charge in [0.05, 0.1) is 11.2 Å². The monoisotopic (exact) mass is 308 g/mol. The average molecular weight is 308 g/mol. The molecule has 1 saturated carbocycles. The molecule has 118 valence electrons. The third kappa shape index (κ3) is 2.14. The molecule has 0 aromatic carbocycles. The van der Waals surface area contributed by atoms with E-state index in [0.29, 0.717) is 6.42 Å². The van der Waals surface area contributed by atoms with Gasteiger partial charge in [0.2, 0.25) is 8.32 Å². The van der Waals surface area contributed by atoms with E-state index in [4.69, 9.17) is 4.43 Å². The molecule has 0 spiro atoms. The molecule has 0 amide bonds. The average Bonchev–Trinajstić information content (AvgIpc) is 2.28. The standard InChI is InChI=1S/C17H28O3Si/c1-11(18)16(4)9-12-13(20-21(6,7)8)10-17(16,5)14(19)15(12,2)3/h10,12H,9H2,1-8H3/t12-,16-,17+/m0/s1. The molecular formula is C17H28O3Si. The summed E-state index contributed by atoms with van der Waals surface area (Å²) in [4.78, 5) is 25.3. The lowest BCUT2D eigenvalue weighted by Crippen LogP contribution is -2.63. The predicted octanol–water partition coefficient (Wildman–Crippen LogP) is 3.95. The summed E-state index contributed by atoms with van der Waals surface area (Å²) in [6.45, 7) is 15.9. The fourth-order valence-electron chi connectivity index (χ4n) is 3.98. The highest BCUT2D eigenvalue weighted by molar-refractivity contribution is 6.70. The van der Waals surface area contributed by atoms with E-state index in [1.807, 2.05) is 33.8 Å². The van der Waals surface area contributed by atoms with Crippen LogP contribution in [0.15, 0.2) is 11.8 Å². The van der Waals surface area contributed by atoms with Crippen LogP contribution in [0.2, 0.25) is 19.6 Å². The molecule has 3 rings (SSSR count). The zero-order chi connectivity index (χ0) is 16.4. The Morgan fingerprint density at radius 1 is 1.24 bits per heavy atom. The van der Waals surface area contributed by atoms with Crippen LogP contribution in [0.25, 0.3) is 0 Å². The molecule has 0 radical (unpaired) electrons. The first-order valence-electron chi connectivity index (χ1n) is 7.73. The molecule has 4 heteroatoms. The van der Waals surface area contributed by atoms with Gasteiger partial charge in [0.15, 0.2) is 0 Å². The SMILES string of the molecule is CC(=O)[C@]1(C)C[C@H]2C(O[Si](C)(C)C)=C[C@]1(C)C(=O)C2(C)C. The molecule has 3 aliphatic rings. The van der Waals surface area contributed by atoms with Crippen molar-refractivity contribution in [3.05, 3.63) is 11.8 Å². The van der Waals surface area contributed by atoms with E-state index in [9.17, 15) is 9.59 Å². The summed E-state index contributed by atoms with van der Waals surface area (Å²) in [5.41, 5.74) is -1.84. The fourth-order valence-corrected chi connectivity index (χ4v) is 4.89. The van der Waals surface area contributed by atoms with Gasteiger partial charge < -0.3 is 4.43 Å². The Kier molecular flexibility index (Phi) is 3.38. The minimum atomic E-state index is -1.74. The van der Waals surface area contributed by atoms with Crippen LogP contribution in [0.4, 0.5) is 0 Å². The number of allylic oxidation sites excluding steroid dienone is 2. The Bertz CT molecular complexity index is 541. The molecule has 21 heavy (non-hydrogen) atoms. The van der Waals surface area contributed by atoms with Crippen LogP contribution in [0, 0.1) is 22.2 Å². The highest BCUT2D eigenvalue weighted by Gasteiger charge is 2.66. The second kappa shape index (κ2) is 4.31. The van der Waals surface area contributed by atoms with Crippen molar-refractivity contribution in [2.24, 2.45) is 22.2 Å². The van der Waals surface area contributed by atoms with Crippen LogP contribution < -0.4 is 0 Å². The lowest BCUT2D eigenvalue weighted by Gasteiger charge is -2.59. The van der Waals surface area contributed by atoms with Crippen molar-refractivity contribution in [1.82, 2.24) is 0 Å². The number of Topliss-reactive ketones (excluding diaryl/α,β-unsaturated/α-hetero) is 2. The van der Waals surface area contributed by atoms with Crippen molar-refractivity contribution in [2.75, 3.05) is 0 Å². The Labute approximate surface area is 129 Å². The van der Waals surface area contributed by atoms with Gasteiger partial charge in [0.1, 0.15) is 11.6 Å². The Balaban J connectivity index is 2.61. The largest absolute Gasteiger partial charge is 0.547 e. The van der Waals surface area contributed by atoms with Crippen LogP contribution >= 0.6 is 0 Å². The molecule has 0 aromatic heterocycles. The maximum atomic E-state index is 13.0. The normalized spacial score (nSPS) is 38.2. The quantitative estimate of drug-likeness (QED) is 0.741. The van der Waals surface area contributed by atoms with Gasteiger partial charge in [-0.1, -0.05) is 20.8 Å². The van der Waals surface area contributed by atoms with Gasteiger partial charge >= 0.3 is 0 Å². The number of carbonyl (C=O) groups is 2. The topological polar surface area (TPSA) is 43.4 Å². The number of hydrogen-bond acceptors (Lipinski definition) is 3. The summed E-state index contributed by atoms with van der Waals surface area (Å²) in [6.07, 6.45) is 2.67. The zero-order valence-corrected chi connectivity index (χ0v) is 15.6. The second-order valence-electron chi connectivity index (χ2n) is 8.66. The first kappa shape index (κ1) is 16.5. The molecule has 2 bridgehead atoms. The van der Waals surface area contributed by atoms with Gasteiger partial charge in [-0.25, -0.2) is 0 Å². The second-order valence-corrected chi connectivity index (χ2v) is 13.1.